The minimum Gasteiger partial charge on any atom is -0.478 e. The summed E-state index contributed by atoms with van der Waals surface area (Å²) in [6.07, 6.45) is 7.48. The van der Waals surface area contributed by atoms with Crippen molar-refractivity contribution >= 4 is 54.7 Å². The topological polar surface area (TPSA) is 80.9 Å². The fraction of sp³-hybridized carbons (Fsp3) is 0.179. The van der Waals surface area contributed by atoms with E-state index in [1.54, 1.807) is 12.3 Å². The van der Waals surface area contributed by atoms with Crippen molar-refractivity contribution in [3.63, 3.8) is 0 Å². The second-order valence-corrected chi connectivity index (χ2v) is 13.1. The molecule has 0 bridgehead atoms. The molecule has 1 N–H and O–H groups in total. The van der Waals surface area contributed by atoms with Crippen molar-refractivity contribution in [2.24, 2.45) is 0 Å². The van der Waals surface area contributed by atoms with E-state index in [0.29, 0.717) is 11.1 Å². The van der Waals surface area contributed by atoms with E-state index in [2.05, 4.69) is 62.7 Å². The van der Waals surface area contributed by atoms with Gasteiger partial charge in [0, 0.05) is 44.2 Å². The number of carboxylic acids is 1. The first-order valence-corrected chi connectivity index (χ1v) is 16.6. The second-order valence-electron chi connectivity index (χ2n) is 12.2. The normalized spacial score (nSPS) is 14.0. The number of nitrogens with zero attached hydrogens (tertiary/aromatic N) is 4. The van der Waals surface area contributed by atoms with Gasteiger partial charge >= 0.3 is 5.97 Å². The van der Waals surface area contributed by atoms with Gasteiger partial charge in [-0.2, -0.15) is 0 Å². The Kier molecular flexibility index (Phi) is 7.14. The van der Waals surface area contributed by atoms with Crippen LogP contribution >= 0.6 is 15.9 Å². The third-order valence-electron chi connectivity index (χ3n) is 9.35. The fourth-order valence-corrected chi connectivity index (χ4v) is 7.60. The van der Waals surface area contributed by atoms with Gasteiger partial charge in [-0.1, -0.05) is 65.5 Å². The highest BCUT2D eigenvalue weighted by Gasteiger charge is 2.26. The predicted octanol–water partition coefficient (Wildman–Crippen LogP) is 10.4. The van der Waals surface area contributed by atoms with Crippen LogP contribution < -0.4 is 0 Å². The lowest BCUT2D eigenvalue weighted by Crippen LogP contribution is -2.14. The number of hydrogen-bond acceptors (Lipinski definition) is 4. The van der Waals surface area contributed by atoms with Crippen LogP contribution in [0.25, 0.3) is 66.6 Å². The van der Waals surface area contributed by atoms with Crippen molar-refractivity contribution in [1.29, 1.82) is 0 Å². The number of carbonyl (C=O) groups is 1. The third kappa shape index (κ3) is 4.86. The van der Waals surface area contributed by atoms with Gasteiger partial charge in [-0.05, 0) is 91.6 Å². The number of rotatable bonds is 5. The van der Waals surface area contributed by atoms with Crippen LogP contribution in [0.4, 0.5) is 0 Å². The van der Waals surface area contributed by atoms with Gasteiger partial charge in [-0.15, -0.1) is 0 Å². The number of aromatic nitrogens is 4. The molecular formula is C39H31BrN4O2. The summed E-state index contributed by atoms with van der Waals surface area (Å²) in [5.41, 5.74) is 9.29. The number of imidazole rings is 1. The molecule has 0 spiro atoms. The molecule has 1 aliphatic rings. The van der Waals surface area contributed by atoms with Crippen LogP contribution in [0.2, 0.25) is 0 Å². The standard InChI is InChI=1S/C39H31BrN4O2/c1-23-20-34(28-11-5-6-12-31(28)40)42-33-17-14-26(22-30(23)33)38-43-37-35(44(38)27-9-3-2-4-10-27)18-15-29(39(45)46)36(37)25-13-16-32-24(21-25)8-7-19-41-32/h5-8,11-22,27H,2-4,9-10H2,1H3,(H,45,46). The maximum absolute atomic E-state index is 12.6. The van der Waals surface area contributed by atoms with Gasteiger partial charge < -0.3 is 9.67 Å². The molecule has 1 saturated carbocycles. The Morgan fingerprint density at radius 1 is 0.848 bits per heavy atom. The minimum absolute atomic E-state index is 0.244. The van der Waals surface area contributed by atoms with Gasteiger partial charge in [0.15, 0.2) is 0 Å². The van der Waals surface area contributed by atoms with Crippen LogP contribution in [0.1, 0.15) is 54.1 Å². The largest absolute Gasteiger partial charge is 0.478 e. The van der Waals surface area contributed by atoms with Gasteiger partial charge in [0.25, 0.3) is 0 Å². The van der Waals surface area contributed by atoms with Crippen LogP contribution in [-0.4, -0.2) is 30.6 Å². The van der Waals surface area contributed by atoms with Crippen molar-refractivity contribution in [2.75, 3.05) is 0 Å². The van der Waals surface area contributed by atoms with Gasteiger partial charge in [0.2, 0.25) is 0 Å². The molecule has 8 rings (SSSR count). The molecule has 1 aliphatic carbocycles. The summed E-state index contributed by atoms with van der Waals surface area (Å²) in [4.78, 5) is 27.5. The van der Waals surface area contributed by atoms with Crippen molar-refractivity contribution in [2.45, 2.75) is 45.1 Å². The molecule has 46 heavy (non-hydrogen) atoms. The van der Waals surface area contributed by atoms with Gasteiger partial charge in [-0.3, -0.25) is 4.98 Å². The zero-order chi connectivity index (χ0) is 31.4. The van der Waals surface area contributed by atoms with E-state index in [1.165, 1.54) is 19.3 Å². The van der Waals surface area contributed by atoms with Gasteiger partial charge in [-0.25, -0.2) is 14.8 Å². The Balaban J connectivity index is 1.36. The quantitative estimate of drug-likeness (QED) is 0.198. The maximum atomic E-state index is 12.6. The predicted molar refractivity (Wildman–Crippen MR) is 188 cm³/mol. The summed E-state index contributed by atoms with van der Waals surface area (Å²) >= 11 is 3.68. The highest BCUT2D eigenvalue weighted by atomic mass is 79.9. The highest BCUT2D eigenvalue weighted by molar-refractivity contribution is 9.10. The average Bonchev–Trinajstić information content (AvgIpc) is 3.48. The summed E-state index contributed by atoms with van der Waals surface area (Å²) in [6, 6.07) is 30.5. The minimum atomic E-state index is -0.967. The summed E-state index contributed by atoms with van der Waals surface area (Å²) in [5.74, 6) is -0.102. The Hall–Kier alpha value is -4.88. The zero-order valence-electron chi connectivity index (χ0n) is 25.4. The molecule has 3 aromatic heterocycles. The van der Waals surface area contributed by atoms with Gasteiger partial charge in [0.1, 0.15) is 5.82 Å². The molecule has 3 heterocycles. The van der Waals surface area contributed by atoms with Crippen LogP contribution in [0, 0.1) is 6.92 Å². The van der Waals surface area contributed by atoms with E-state index < -0.39 is 5.97 Å². The Morgan fingerprint density at radius 2 is 1.65 bits per heavy atom. The van der Waals surface area contributed by atoms with E-state index >= 15 is 0 Å². The number of aromatic carboxylic acids is 1. The molecule has 7 aromatic rings. The number of carboxylic acid groups (broad SMARTS) is 1. The Bertz CT molecular complexity index is 2320. The summed E-state index contributed by atoms with van der Waals surface area (Å²) in [6.45, 7) is 2.13. The molecule has 1 fully saturated rings. The van der Waals surface area contributed by atoms with E-state index in [0.717, 1.165) is 78.4 Å². The lowest BCUT2D eigenvalue weighted by atomic mass is 9.94. The third-order valence-corrected chi connectivity index (χ3v) is 10.0. The van der Waals surface area contributed by atoms with Crippen molar-refractivity contribution in [3.8, 4) is 33.8 Å². The summed E-state index contributed by atoms with van der Waals surface area (Å²) in [7, 11) is 0. The first-order valence-electron chi connectivity index (χ1n) is 15.8. The number of halogens is 1. The maximum Gasteiger partial charge on any atom is 0.336 e. The van der Waals surface area contributed by atoms with Crippen LogP contribution in [0.5, 0.6) is 0 Å². The van der Waals surface area contributed by atoms with E-state index in [-0.39, 0.29) is 11.6 Å². The summed E-state index contributed by atoms with van der Waals surface area (Å²) < 4.78 is 3.39. The molecule has 226 valence electrons. The SMILES string of the molecule is Cc1cc(-c2ccccc2Br)nc2ccc(-c3nc4c(-c5ccc6ncccc6c5)c(C(=O)O)ccc4n3C3CCCCC3)cc12. The highest BCUT2D eigenvalue weighted by Crippen LogP contribution is 2.41. The number of hydrogen-bond donors (Lipinski definition) is 1. The smallest absolute Gasteiger partial charge is 0.336 e. The first-order chi connectivity index (χ1) is 22.5. The first kappa shape index (κ1) is 28.6. The number of benzene rings is 4. The van der Waals surface area contributed by atoms with Crippen LogP contribution in [0.3, 0.4) is 0 Å². The van der Waals surface area contributed by atoms with Crippen LogP contribution in [0.15, 0.2) is 102 Å². The van der Waals surface area contributed by atoms with Crippen molar-refractivity contribution in [1.82, 2.24) is 19.5 Å². The average molecular weight is 668 g/mol. The molecule has 0 unspecified atom stereocenters. The fourth-order valence-electron chi connectivity index (χ4n) is 7.12. The van der Waals surface area contributed by atoms with E-state index in [4.69, 9.17) is 9.97 Å². The van der Waals surface area contributed by atoms with E-state index in [9.17, 15) is 9.90 Å². The summed E-state index contributed by atoms with van der Waals surface area (Å²) in [5, 5.41) is 12.4. The lowest BCUT2D eigenvalue weighted by Gasteiger charge is -2.26. The lowest BCUT2D eigenvalue weighted by molar-refractivity contribution is 0.0698. The number of aryl methyl sites for hydroxylation is 1. The zero-order valence-corrected chi connectivity index (χ0v) is 27.0. The molecule has 0 radical (unpaired) electrons. The second kappa shape index (κ2) is 11.5. The molecule has 0 aliphatic heterocycles. The molecular weight excluding hydrogens is 636 g/mol. The molecule has 7 heteroatoms. The molecule has 0 amide bonds. The molecule has 4 aromatic carbocycles. The van der Waals surface area contributed by atoms with Crippen molar-refractivity contribution in [3.05, 3.63) is 113 Å². The van der Waals surface area contributed by atoms with Crippen molar-refractivity contribution < 1.29 is 9.90 Å². The van der Waals surface area contributed by atoms with E-state index in [1.807, 2.05) is 54.6 Å². The Labute approximate surface area is 274 Å². The van der Waals surface area contributed by atoms with Gasteiger partial charge in [0.05, 0.1) is 33.3 Å². The van der Waals surface area contributed by atoms with Crippen LogP contribution in [-0.2, 0) is 0 Å². The number of pyridine rings is 2. The number of fused-ring (bicyclic) bond motifs is 3. The molecule has 6 nitrogen and oxygen atoms in total. The monoisotopic (exact) mass is 666 g/mol. The molecule has 0 saturated heterocycles. The molecule has 0 atom stereocenters. The Morgan fingerprint density at radius 3 is 2.48 bits per heavy atom.